The first-order valence-electron chi connectivity index (χ1n) is 5.37. The van der Waals surface area contributed by atoms with E-state index in [1.807, 2.05) is 0 Å². The third-order valence-electron chi connectivity index (χ3n) is 0. The van der Waals surface area contributed by atoms with Crippen molar-refractivity contribution in [1.29, 1.82) is 126 Å². The van der Waals surface area contributed by atoms with E-state index < -0.39 is 0 Å². The molecule has 0 bridgehead atoms. The Labute approximate surface area is 562 Å². The van der Waals surface area contributed by atoms with Crippen LogP contribution in [0.5, 0.6) is 0 Å². The van der Waals surface area contributed by atoms with Gasteiger partial charge in [0.1, 0.15) is 0 Å². The number of hydrogen-bond donors (Lipinski definition) is 0. The predicted octanol–water partition coefficient (Wildman–Crippen LogP) is -12.2. The molecule has 0 saturated heterocycles. The zero-order valence-corrected chi connectivity index (χ0v) is 46.6. The van der Waals surface area contributed by atoms with Crippen LogP contribution in [-0.4, -0.2) is 16.4 Å². The minimum absolute atomic E-state index is 0. The van der Waals surface area contributed by atoms with Crippen LogP contribution in [0.25, 0.3) is 0 Å². The van der Waals surface area contributed by atoms with Crippen molar-refractivity contribution < 1.29 is 290 Å². The van der Waals surface area contributed by atoms with E-state index in [2.05, 4.69) is 0 Å². The molecule has 59 heavy (non-hydrogen) atoms. The maximum atomic E-state index is 6.25. The van der Waals surface area contributed by atoms with E-state index in [0.717, 1.165) is 0 Å². The van der Waals surface area contributed by atoms with Crippen molar-refractivity contribution in [2.75, 3.05) is 0 Å². The maximum absolute atomic E-state index is 6.25. The van der Waals surface area contributed by atoms with Gasteiger partial charge in [-0.3, -0.25) is 0 Å². The van der Waals surface area contributed by atoms with Crippen LogP contribution in [0.2, 0.25) is 0 Å². The standard InChI is InChI=1S/24CN.4Fe.4K.3H2O/c24*1-2;;;;;;;;;;;/h;;;;;;;;;;;;;;;;;;;;;;;;;;;;;;;;3*1H2/q24*-1;4*+3;4*+1;;;. The molecule has 0 aromatic carbocycles. The average Bonchev–Trinajstić information content (AvgIpc) is 3.34. The third kappa shape index (κ3) is 10600. The molecule has 0 unspecified atom stereocenters. The molecule has 4 radical (unpaired) electrons. The van der Waals surface area contributed by atoms with Crippen LogP contribution in [0, 0.1) is 284 Å². The molecule has 0 atom stereocenters. The smallest absolute Gasteiger partial charge is 0.512 e. The van der Waals surface area contributed by atoms with Crippen LogP contribution >= 0.6 is 0 Å². The summed E-state index contributed by atoms with van der Waals surface area (Å²) in [5.41, 5.74) is 0. The largest absolute Gasteiger partial charge is 3.00 e. The second kappa shape index (κ2) is 11000. The fourth-order valence-electron chi connectivity index (χ4n) is 0. The molecule has 6 N–H and O–H groups in total. The molecule has 0 amide bonds. The Hall–Kier alpha value is -3.74. The summed E-state index contributed by atoms with van der Waals surface area (Å²) < 4.78 is 0. The minimum Gasteiger partial charge on any atom is -0.512 e. The third-order valence-corrected chi connectivity index (χ3v) is 0. The quantitative estimate of drug-likeness (QED) is 0.161. The molecule has 0 rings (SSSR count). The Balaban J connectivity index is -0.00000000306. The van der Waals surface area contributed by atoms with Gasteiger partial charge in [0, 0.05) is 0 Å². The molecule has 0 spiro atoms. The zero-order chi connectivity index (χ0) is 48.0. The Morgan fingerprint density at radius 1 is 0.102 bits per heavy atom. The molecule has 0 aliphatic rings. The minimum atomic E-state index is 0. The molecular formula is C24H6Fe4K4N24O3-8. The van der Waals surface area contributed by atoms with Gasteiger partial charge in [0.2, 0.25) is 0 Å². The van der Waals surface area contributed by atoms with E-state index in [-0.39, 0.29) is 290 Å². The molecule has 0 aromatic rings. The Kier molecular flexibility index (Phi) is 74100. The van der Waals surface area contributed by atoms with Gasteiger partial charge in [-0.1, -0.05) is 0 Å². The molecule has 0 aromatic heterocycles. The first-order chi connectivity index (χ1) is 24.0. The fourth-order valence-corrected chi connectivity index (χ4v) is 0. The summed E-state index contributed by atoms with van der Waals surface area (Å²) in [4.78, 5) is 0. The first kappa shape index (κ1) is 396. The van der Waals surface area contributed by atoms with E-state index in [1.54, 1.807) is 0 Å². The molecule has 35 heteroatoms. The van der Waals surface area contributed by atoms with Crippen LogP contribution in [0.15, 0.2) is 0 Å². The van der Waals surface area contributed by atoms with Gasteiger partial charge in [0.05, 0.1) is 0 Å². The van der Waals surface area contributed by atoms with Gasteiger partial charge in [-0.05, 0) is 0 Å². The molecule has 284 valence electrons. The summed E-state index contributed by atoms with van der Waals surface area (Å²) in [6.45, 7) is 114. The second-order valence-corrected chi connectivity index (χ2v) is 0. The number of nitrogens with zero attached hydrogens (tertiary/aromatic N) is 24. The van der Waals surface area contributed by atoms with Crippen LogP contribution in [0.1, 0.15) is 0 Å². The SMILES string of the molecule is O.O.O.[C-]#N.[C-]#N.[C-]#N.[C-]#N.[C-]#N.[C-]#N.[C-]#N.[C-]#N.[C-]#N.[C-]#N.[C-]#N.[C-]#N.[C-]#N.[C-]#N.[C-]#N.[C-]#N.[C-]#N.[C-]#N.[C-]#N.[C-]#N.[C-]#N.[C-]#N.[C-]#N.[C-]#N.[Fe+3].[Fe+3].[Fe+3].[Fe+3].[K+].[K+].[K+].[K+]. The molecule has 27 nitrogen and oxygen atoms in total. The molecule has 0 saturated carbocycles. The van der Waals surface area contributed by atoms with Crippen LogP contribution < -0.4 is 206 Å². The van der Waals surface area contributed by atoms with Gasteiger partial charge in [-0.15, -0.1) is 0 Å². The molecule has 0 aliphatic carbocycles. The summed E-state index contributed by atoms with van der Waals surface area (Å²) in [5.74, 6) is 0. The van der Waals surface area contributed by atoms with E-state index in [4.69, 9.17) is 284 Å². The Morgan fingerprint density at radius 2 is 0.102 bits per heavy atom. The topological polar surface area (TPSA) is 665 Å². The van der Waals surface area contributed by atoms with Crippen LogP contribution in [0.4, 0.5) is 0 Å². The van der Waals surface area contributed by atoms with E-state index in [1.165, 1.54) is 0 Å². The summed E-state index contributed by atoms with van der Waals surface area (Å²) in [7, 11) is 0. The fraction of sp³-hybridized carbons (Fsp3) is 0. The number of hydrogen-bond acceptors (Lipinski definition) is 24. The van der Waals surface area contributed by atoms with E-state index in [9.17, 15) is 0 Å². The summed E-state index contributed by atoms with van der Waals surface area (Å²) in [6.07, 6.45) is 0. The van der Waals surface area contributed by atoms with Gasteiger partial charge in [0.25, 0.3) is 0 Å². The molecular weight excluding hydrogens is 1050 g/mol. The van der Waals surface area contributed by atoms with Crippen molar-refractivity contribution in [2.24, 2.45) is 0 Å². The Bertz CT molecular complexity index is 550. The van der Waals surface area contributed by atoms with Gasteiger partial charge >= 0.3 is 274 Å². The van der Waals surface area contributed by atoms with Crippen LogP contribution in [0.3, 0.4) is 0 Å². The first-order valence-corrected chi connectivity index (χ1v) is 5.37. The molecule has 0 aliphatic heterocycles. The summed E-state index contributed by atoms with van der Waals surface area (Å²) in [5, 5.41) is 150. The van der Waals surface area contributed by atoms with Crippen LogP contribution in [-0.2, 0) is 68.3 Å². The zero-order valence-electron chi connectivity index (χ0n) is 29.6. The van der Waals surface area contributed by atoms with Crippen molar-refractivity contribution in [1.82, 2.24) is 0 Å². The summed E-state index contributed by atoms with van der Waals surface area (Å²) in [6, 6.07) is 0. The van der Waals surface area contributed by atoms with Crippen molar-refractivity contribution in [3.8, 4) is 0 Å². The van der Waals surface area contributed by atoms with Crippen molar-refractivity contribution in [3.63, 3.8) is 0 Å². The van der Waals surface area contributed by atoms with Crippen molar-refractivity contribution in [3.05, 3.63) is 158 Å². The molecule has 0 fully saturated rings. The predicted molar refractivity (Wildman–Crippen MR) is 130 cm³/mol. The molecule has 0 heterocycles. The monoisotopic (exact) mass is 1060 g/mol. The van der Waals surface area contributed by atoms with Gasteiger partial charge in [-0.2, -0.15) is 0 Å². The number of rotatable bonds is 0. The van der Waals surface area contributed by atoms with Gasteiger partial charge in [0.15, 0.2) is 0 Å². The van der Waals surface area contributed by atoms with E-state index >= 15 is 0 Å². The normalized spacial score (nSPS) is 0.814. The van der Waals surface area contributed by atoms with E-state index in [0.29, 0.717) is 0 Å². The Morgan fingerprint density at radius 3 is 0.102 bits per heavy atom. The summed E-state index contributed by atoms with van der Waals surface area (Å²) >= 11 is 0. The average molecular weight is 1060 g/mol. The van der Waals surface area contributed by atoms with Gasteiger partial charge in [-0.25, -0.2) is 0 Å². The van der Waals surface area contributed by atoms with Gasteiger partial charge < -0.3 is 300 Å². The maximum Gasteiger partial charge on any atom is 3.00 e. The second-order valence-electron chi connectivity index (χ2n) is 0. The van der Waals surface area contributed by atoms with Crippen molar-refractivity contribution >= 4 is 0 Å². The van der Waals surface area contributed by atoms with Crippen molar-refractivity contribution in [2.45, 2.75) is 0 Å².